The van der Waals surface area contributed by atoms with Crippen LogP contribution < -0.4 is 41.2 Å². The van der Waals surface area contributed by atoms with E-state index < -0.39 is 17.9 Å². The standard InChI is InChI=1S/C36H53N5O7/c1-23-17-24(18-30(45-2)34(23)42)31-25-19-28-29(48-22-47-28)20-26(25)33(27-21-46-35(43)32(27)31)41-36(44)40-16-10-15-39-14-9-13-38-12-8-6-4-3-5-7-11-37/h17-20,27,31-33,38-39,42H,3-16,21-22,37H2,1-2H3,(H2,40,41,44)/t27-,31?,32-,33+/m0/s1. The van der Waals surface area contributed by atoms with Crippen molar-refractivity contribution in [1.29, 1.82) is 0 Å². The number of carbonyl (C=O) groups is 2. The number of unbranched alkanes of at least 4 members (excludes halogenated alkanes) is 5. The molecule has 4 atom stereocenters. The van der Waals surface area contributed by atoms with Crippen LogP contribution in [0.1, 0.15) is 85.6 Å². The minimum Gasteiger partial charge on any atom is -0.504 e. The Morgan fingerprint density at radius 3 is 2.23 bits per heavy atom. The number of esters is 1. The number of carbonyl (C=O) groups excluding carboxylic acids is 2. The highest BCUT2D eigenvalue weighted by Gasteiger charge is 2.53. The molecule has 0 radical (unpaired) electrons. The fourth-order valence-electron chi connectivity index (χ4n) is 7.15. The lowest BCUT2D eigenvalue weighted by atomic mass is 9.65. The summed E-state index contributed by atoms with van der Waals surface area (Å²) in [6.07, 6.45) is 9.32. The lowest BCUT2D eigenvalue weighted by Gasteiger charge is -2.39. The van der Waals surface area contributed by atoms with E-state index in [-0.39, 0.29) is 37.1 Å². The van der Waals surface area contributed by atoms with E-state index in [1.807, 2.05) is 18.2 Å². The second kappa shape index (κ2) is 17.6. The summed E-state index contributed by atoms with van der Waals surface area (Å²) in [7, 11) is 1.50. The Morgan fingerprint density at radius 1 is 0.875 bits per heavy atom. The van der Waals surface area contributed by atoms with Crippen molar-refractivity contribution >= 4 is 12.0 Å². The first-order valence-electron chi connectivity index (χ1n) is 17.6. The Kier molecular flexibility index (Phi) is 13.0. The van der Waals surface area contributed by atoms with Crippen molar-refractivity contribution in [3.63, 3.8) is 0 Å². The number of rotatable bonds is 19. The van der Waals surface area contributed by atoms with Crippen LogP contribution in [0.15, 0.2) is 24.3 Å². The number of nitrogens with two attached hydrogens (primary N) is 1. The maximum atomic E-state index is 13.3. The Hall–Kier alpha value is -3.74. The fraction of sp³-hybridized carbons (Fsp3) is 0.611. The van der Waals surface area contributed by atoms with Crippen LogP contribution in [0.3, 0.4) is 0 Å². The first-order chi connectivity index (χ1) is 23.4. The molecule has 2 amide bonds. The van der Waals surface area contributed by atoms with E-state index in [9.17, 15) is 14.7 Å². The molecule has 12 nitrogen and oxygen atoms in total. The SMILES string of the molecule is COc1cc(C2c3cc4c(cc3[C@@H](NC(=O)NCCCNCCCNCCCCCCCCN)[C@H]3COC(=O)[C@H]23)OCO4)cc(C)c1O. The van der Waals surface area contributed by atoms with Crippen LogP contribution in [0, 0.1) is 18.8 Å². The van der Waals surface area contributed by atoms with Crippen LogP contribution in [-0.4, -0.2) is 76.9 Å². The van der Waals surface area contributed by atoms with E-state index in [1.54, 1.807) is 13.0 Å². The number of hydrogen-bond donors (Lipinski definition) is 6. The molecule has 2 aliphatic heterocycles. The monoisotopic (exact) mass is 667 g/mol. The van der Waals surface area contributed by atoms with Crippen molar-refractivity contribution in [2.75, 3.05) is 59.8 Å². The first kappa shape index (κ1) is 35.6. The lowest BCUT2D eigenvalue weighted by molar-refractivity contribution is -0.141. The number of nitrogens with one attached hydrogen (secondary N) is 4. The summed E-state index contributed by atoms with van der Waals surface area (Å²) < 4.78 is 22.5. The van der Waals surface area contributed by atoms with Gasteiger partial charge in [-0.3, -0.25) is 4.79 Å². The Labute approximate surface area is 283 Å². The maximum absolute atomic E-state index is 13.3. The number of phenolic OH excluding ortho intramolecular Hbond substituents is 1. The number of phenols is 1. The second-order valence-corrected chi connectivity index (χ2v) is 13.0. The van der Waals surface area contributed by atoms with Gasteiger partial charge in [0.25, 0.3) is 0 Å². The van der Waals surface area contributed by atoms with Gasteiger partial charge in [0, 0.05) is 18.4 Å². The number of amides is 2. The highest BCUT2D eigenvalue weighted by atomic mass is 16.7. The molecule has 2 aromatic rings. The average molecular weight is 668 g/mol. The van der Waals surface area contributed by atoms with Crippen molar-refractivity contribution < 1.29 is 33.6 Å². The minimum absolute atomic E-state index is 0.0586. The molecular weight excluding hydrogens is 614 g/mol. The summed E-state index contributed by atoms with van der Waals surface area (Å²) in [5, 5.41) is 23.6. The van der Waals surface area contributed by atoms with Crippen LogP contribution in [0.2, 0.25) is 0 Å². The largest absolute Gasteiger partial charge is 0.504 e. The van der Waals surface area contributed by atoms with Crippen molar-refractivity contribution in [1.82, 2.24) is 21.3 Å². The highest BCUT2D eigenvalue weighted by molar-refractivity contribution is 5.80. The minimum atomic E-state index is -0.554. The van der Waals surface area contributed by atoms with Gasteiger partial charge >= 0.3 is 12.0 Å². The molecule has 1 saturated heterocycles. The van der Waals surface area contributed by atoms with Gasteiger partial charge in [-0.2, -0.15) is 0 Å². The molecule has 0 saturated carbocycles. The zero-order chi connectivity index (χ0) is 33.9. The molecular formula is C36H53N5O7. The number of hydrogen-bond acceptors (Lipinski definition) is 10. The Balaban J connectivity index is 1.12. The summed E-state index contributed by atoms with van der Waals surface area (Å²) in [5.74, 6) is -0.0115. The van der Waals surface area contributed by atoms with Crippen molar-refractivity contribution in [3.8, 4) is 23.0 Å². The molecule has 0 spiro atoms. The highest BCUT2D eigenvalue weighted by Crippen LogP contribution is 2.55. The van der Waals surface area contributed by atoms with Gasteiger partial charge in [0.15, 0.2) is 23.0 Å². The number of aromatic hydroxyl groups is 1. The molecule has 12 heteroatoms. The summed E-state index contributed by atoms with van der Waals surface area (Å²) in [6.45, 7) is 7.20. The zero-order valence-corrected chi connectivity index (χ0v) is 28.4. The first-order valence-corrected chi connectivity index (χ1v) is 17.6. The van der Waals surface area contributed by atoms with Crippen molar-refractivity contribution in [2.45, 2.75) is 70.3 Å². The summed E-state index contributed by atoms with van der Waals surface area (Å²) in [5.41, 5.74) is 8.68. The van der Waals surface area contributed by atoms with Gasteiger partial charge in [0.05, 0.1) is 25.7 Å². The third kappa shape index (κ3) is 8.64. The summed E-state index contributed by atoms with van der Waals surface area (Å²) >= 11 is 0. The maximum Gasteiger partial charge on any atom is 0.315 e. The quantitative estimate of drug-likeness (QED) is 0.0954. The van der Waals surface area contributed by atoms with Gasteiger partial charge in [0.1, 0.15) is 0 Å². The number of ether oxygens (including phenoxy) is 4. The second-order valence-electron chi connectivity index (χ2n) is 13.0. The van der Waals surface area contributed by atoms with Crippen LogP contribution in [-0.2, 0) is 9.53 Å². The van der Waals surface area contributed by atoms with Gasteiger partial charge in [-0.1, -0.05) is 31.7 Å². The molecule has 48 heavy (non-hydrogen) atoms. The number of urea groups is 1. The van der Waals surface area contributed by atoms with Crippen LogP contribution >= 0.6 is 0 Å². The van der Waals surface area contributed by atoms with Gasteiger partial charge < -0.3 is 51.1 Å². The van der Waals surface area contributed by atoms with Gasteiger partial charge in [-0.15, -0.1) is 0 Å². The summed E-state index contributed by atoms with van der Waals surface area (Å²) in [4.78, 5) is 26.5. The van der Waals surface area contributed by atoms with E-state index in [2.05, 4.69) is 21.3 Å². The Morgan fingerprint density at radius 2 is 1.52 bits per heavy atom. The number of methoxy groups -OCH3 is 1. The van der Waals surface area contributed by atoms with Gasteiger partial charge in [0.2, 0.25) is 6.79 Å². The average Bonchev–Trinajstić information content (AvgIpc) is 3.71. The molecule has 7 N–H and O–H groups in total. The normalized spacial score (nSPS) is 20.6. The summed E-state index contributed by atoms with van der Waals surface area (Å²) in [6, 6.07) is 6.67. The van der Waals surface area contributed by atoms with Crippen LogP contribution in [0.25, 0.3) is 0 Å². The molecule has 1 unspecified atom stereocenters. The van der Waals surface area contributed by atoms with Gasteiger partial charge in [-0.05, 0) is 106 Å². The molecule has 1 fully saturated rings. The van der Waals surface area contributed by atoms with E-state index in [4.69, 9.17) is 24.7 Å². The fourth-order valence-corrected chi connectivity index (χ4v) is 7.15. The van der Waals surface area contributed by atoms with Crippen LogP contribution in [0.5, 0.6) is 23.0 Å². The molecule has 264 valence electrons. The Bertz CT molecular complexity index is 1390. The smallest absolute Gasteiger partial charge is 0.315 e. The van der Waals surface area contributed by atoms with Crippen LogP contribution in [0.4, 0.5) is 4.79 Å². The molecule has 1 aliphatic carbocycles. The third-order valence-corrected chi connectivity index (χ3v) is 9.67. The number of fused-ring (bicyclic) bond motifs is 3. The molecule has 2 heterocycles. The van der Waals surface area contributed by atoms with Crippen molar-refractivity contribution in [2.24, 2.45) is 17.6 Å². The van der Waals surface area contributed by atoms with E-state index in [0.717, 1.165) is 68.7 Å². The molecule has 0 bridgehead atoms. The number of aryl methyl sites for hydroxylation is 1. The number of cyclic esters (lactones) is 1. The predicted molar refractivity (Wildman–Crippen MR) is 183 cm³/mol. The molecule has 0 aromatic heterocycles. The zero-order valence-electron chi connectivity index (χ0n) is 28.4. The topological polar surface area (TPSA) is 165 Å². The lowest BCUT2D eigenvalue weighted by Crippen LogP contribution is -2.46. The van der Waals surface area contributed by atoms with E-state index in [1.165, 1.54) is 39.2 Å². The predicted octanol–water partition coefficient (Wildman–Crippen LogP) is 3.97. The molecule has 2 aromatic carbocycles. The van der Waals surface area contributed by atoms with Crippen molar-refractivity contribution in [3.05, 3.63) is 46.5 Å². The van der Waals surface area contributed by atoms with Gasteiger partial charge in [-0.25, -0.2) is 4.79 Å². The molecule has 5 rings (SSSR count). The third-order valence-electron chi connectivity index (χ3n) is 9.67. The van der Waals surface area contributed by atoms with E-state index in [0.29, 0.717) is 29.4 Å². The molecule has 3 aliphatic rings. The number of benzene rings is 2. The van der Waals surface area contributed by atoms with E-state index >= 15 is 0 Å².